The van der Waals surface area contributed by atoms with Gasteiger partial charge in [0.05, 0.1) is 17.7 Å². The summed E-state index contributed by atoms with van der Waals surface area (Å²) in [6.45, 7) is 6.64. The molecule has 0 saturated carbocycles. The molecule has 13 nitrogen and oxygen atoms in total. The third kappa shape index (κ3) is 9.04. The Hall–Kier alpha value is -5.67. The second kappa shape index (κ2) is 15.9. The average molecular weight is 746 g/mol. The van der Waals surface area contributed by atoms with Gasteiger partial charge in [0, 0.05) is 43.3 Å². The number of ether oxygens (including phenoxy) is 3. The van der Waals surface area contributed by atoms with Crippen LogP contribution in [0.1, 0.15) is 44.7 Å². The van der Waals surface area contributed by atoms with Crippen LogP contribution in [-0.4, -0.2) is 66.6 Å². The van der Waals surface area contributed by atoms with Crippen LogP contribution in [0.2, 0.25) is 0 Å². The Labute approximate surface area is 306 Å². The number of nitrogens with zero attached hydrogens (tertiary/aromatic N) is 4. The molecule has 278 valence electrons. The first-order valence-corrected chi connectivity index (χ1v) is 18.5. The van der Waals surface area contributed by atoms with Gasteiger partial charge in [-0.2, -0.15) is 4.98 Å². The second-order valence-corrected chi connectivity index (χ2v) is 14.9. The van der Waals surface area contributed by atoms with Crippen molar-refractivity contribution in [1.82, 2.24) is 14.6 Å². The lowest BCUT2D eigenvalue weighted by Crippen LogP contribution is -2.40. The fraction of sp³-hybridized carbons (Fsp3) is 0.289. The van der Waals surface area contributed by atoms with E-state index in [2.05, 4.69) is 10.1 Å². The Morgan fingerprint density at radius 2 is 1.57 bits per heavy atom. The average Bonchev–Trinajstić information content (AvgIpc) is 3.54. The molecule has 2 N–H and O–H groups in total. The van der Waals surface area contributed by atoms with E-state index < -0.39 is 40.1 Å². The van der Waals surface area contributed by atoms with Gasteiger partial charge in [0.15, 0.2) is 15.5 Å². The summed E-state index contributed by atoms with van der Waals surface area (Å²) in [6, 6.07) is 19.8. The second-order valence-electron chi connectivity index (χ2n) is 12.8. The summed E-state index contributed by atoms with van der Waals surface area (Å²) in [6.07, 6.45) is 0.526. The van der Waals surface area contributed by atoms with Crippen LogP contribution in [0.5, 0.6) is 5.75 Å². The van der Waals surface area contributed by atoms with Crippen LogP contribution >= 0.6 is 0 Å². The minimum atomic E-state index is -3.64. The van der Waals surface area contributed by atoms with Crippen molar-refractivity contribution in [3.63, 3.8) is 0 Å². The summed E-state index contributed by atoms with van der Waals surface area (Å²) in [5.41, 5.74) is 9.42. The predicted molar refractivity (Wildman–Crippen MR) is 195 cm³/mol. The Morgan fingerprint density at radius 3 is 2.19 bits per heavy atom. The standard InChI is InChI=1S/C38H40FN5O8S/c1-22(2)35(40)36(46)51-24(4)52-38(47)44(31-17-16-30(53(6,48)49)20-33(31)50-5)37-41-34-18-13-28(21-43(34)42-37)27-9-7-25(8-10-27)19-32(45)23(3)26-11-14-29(39)15-12-26/h7-18,20-24,35H,19,40H2,1-6H3/t23-,24?,35+/m1/s1. The highest BCUT2D eigenvalue weighted by atomic mass is 32.2. The highest BCUT2D eigenvalue weighted by Crippen LogP contribution is 2.36. The molecule has 15 heteroatoms. The van der Waals surface area contributed by atoms with Crippen molar-refractivity contribution < 1.29 is 41.4 Å². The van der Waals surface area contributed by atoms with Crippen LogP contribution in [0, 0.1) is 11.7 Å². The number of esters is 1. The number of Topliss-reactive ketones (excluding diaryl/α,β-unsaturated/α-hetero) is 1. The number of methoxy groups -OCH3 is 1. The van der Waals surface area contributed by atoms with Crippen LogP contribution in [0.3, 0.4) is 0 Å². The molecule has 0 aliphatic carbocycles. The molecule has 5 aromatic rings. The first-order valence-electron chi connectivity index (χ1n) is 16.6. The molecule has 0 spiro atoms. The van der Waals surface area contributed by atoms with Crippen molar-refractivity contribution in [2.45, 2.75) is 57.3 Å². The maximum absolute atomic E-state index is 13.8. The highest BCUT2D eigenvalue weighted by Gasteiger charge is 2.31. The van der Waals surface area contributed by atoms with Gasteiger partial charge < -0.3 is 19.9 Å². The van der Waals surface area contributed by atoms with E-state index in [4.69, 9.17) is 19.9 Å². The number of hydrogen-bond donors (Lipinski definition) is 1. The smallest absolute Gasteiger partial charge is 0.424 e. The first-order chi connectivity index (χ1) is 25.0. The molecule has 0 aliphatic heterocycles. The van der Waals surface area contributed by atoms with Gasteiger partial charge in [-0.15, -0.1) is 5.10 Å². The number of anilines is 2. The zero-order valence-corrected chi connectivity index (χ0v) is 30.8. The summed E-state index contributed by atoms with van der Waals surface area (Å²) >= 11 is 0. The molecule has 2 aromatic heterocycles. The minimum Gasteiger partial charge on any atom is -0.495 e. The summed E-state index contributed by atoms with van der Waals surface area (Å²) in [5, 5.41) is 4.53. The van der Waals surface area contributed by atoms with Gasteiger partial charge in [-0.05, 0) is 59.0 Å². The van der Waals surface area contributed by atoms with E-state index in [1.54, 1.807) is 45.2 Å². The summed E-state index contributed by atoms with van der Waals surface area (Å²) in [7, 11) is -2.33. The molecule has 0 fully saturated rings. The first kappa shape index (κ1) is 38.6. The number of hydrogen-bond acceptors (Lipinski definition) is 11. The lowest BCUT2D eigenvalue weighted by atomic mass is 9.92. The monoisotopic (exact) mass is 745 g/mol. The number of nitrogens with two attached hydrogens (primary N) is 1. The summed E-state index contributed by atoms with van der Waals surface area (Å²) in [4.78, 5) is 44.6. The van der Waals surface area contributed by atoms with Gasteiger partial charge in [0.2, 0.25) is 6.29 Å². The number of carbonyl (C=O) groups is 3. The zero-order valence-electron chi connectivity index (χ0n) is 30.0. The van der Waals surface area contributed by atoms with E-state index in [0.717, 1.165) is 33.4 Å². The number of amides is 1. The van der Waals surface area contributed by atoms with Gasteiger partial charge in [0.25, 0.3) is 5.95 Å². The van der Waals surface area contributed by atoms with Crippen molar-refractivity contribution in [2.75, 3.05) is 18.3 Å². The normalized spacial score (nSPS) is 13.3. The third-order valence-electron chi connectivity index (χ3n) is 8.58. The molecule has 0 radical (unpaired) electrons. The molecule has 0 aliphatic rings. The zero-order chi connectivity index (χ0) is 38.6. The van der Waals surface area contributed by atoms with E-state index in [-0.39, 0.29) is 46.2 Å². The molecule has 5 rings (SSSR count). The molecule has 3 aromatic carbocycles. The number of benzene rings is 3. The minimum absolute atomic E-state index is 0.00142. The van der Waals surface area contributed by atoms with Crippen molar-refractivity contribution in [3.05, 3.63) is 102 Å². The number of fused-ring (bicyclic) bond motifs is 1. The maximum Gasteiger partial charge on any atom is 0.424 e. The number of sulfone groups is 1. The molecule has 1 amide bonds. The fourth-order valence-corrected chi connectivity index (χ4v) is 5.97. The summed E-state index contributed by atoms with van der Waals surface area (Å²) < 4.78 is 55.6. The van der Waals surface area contributed by atoms with E-state index in [0.29, 0.717) is 5.65 Å². The number of carbonyl (C=O) groups excluding carboxylic acids is 3. The van der Waals surface area contributed by atoms with Crippen molar-refractivity contribution in [1.29, 1.82) is 0 Å². The Balaban J connectivity index is 1.43. The molecule has 1 unspecified atom stereocenters. The van der Waals surface area contributed by atoms with Crippen LogP contribution < -0.4 is 15.4 Å². The molecule has 3 atom stereocenters. The van der Waals surface area contributed by atoms with E-state index in [1.807, 2.05) is 30.3 Å². The summed E-state index contributed by atoms with van der Waals surface area (Å²) in [5.74, 6) is -1.90. The molecular formula is C38H40FN5O8S. The van der Waals surface area contributed by atoms with Gasteiger partial charge in [0.1, 0.15) is 23.4 Å². The fourth-order valence-electron chi connectivity index (χ4n) is 5.34. The van der Waals surface area contributed by atoms with E-state index in [1.165, 1.54) is 48.9 Å². The number of pyridine rings is 1. The van der Waals surface area contributed by atoms with Crippen LogP contribution in [0.25, 0.3) is 16.8 Å². The van der Waals surface area contributed by atoms with E-state index >= 15 is 0 Å². The SMILES string of the molecule is COc1cc(S(C)(=O)=O)ccc1N(C(=O)OC(C)OC(=O)[C@@H](N)C(C)C)c1nc2ccc(-c3ccc(CC(=O)[C@H](C)c4ccc(F)cc4)cc3)cn2n1. The molecule has 2 heterocycles. The van der Waals surface area contributed by atoms with Gasteiger partial charge in [-0.25, -0.2) is 27.0 Å². The van der Waals surface area contributed by atoms with Crippen LogP contribution in [0.4, 0.5) is 20.8 Å². The third-order valence-corrected chi connectivity index (χ3v) is 9.69. The Morgan fingerprint density at radius 1 is 0.906 bits per heavy atom. The highest BCUT2D eigenvalue weighted by molar-refractivity contribution is 7.90. The molecular weight excluding hydrogens is 706 g/mol. The number of aromatic nitrogens is 3. The number of rotatable bonds is 13. The number of ketones is 1. The van der Waals surface area contributed by atoms with Gasteiger partial charge >= 0.3 is 12.1 Å². The van der Waals surface area contributed by atoms with E-state index in [9.17, 15) is 27.2 Å². The maximum atomic E-state index is 13.8. The molecule has 0 saturated heterocycles. The Kier molecular flexibility index (Phi) is 11.6. The Bertz CT molecular complexity index is 2240. The topological polar surface area (TPSA) is 172 Å². The lowest BCUT2D eigenvalue weighted by Gasteiger charge is -2.24. The van der Waals surface area contributed by atoms with Crippen molar-refractivity contribution >= 4 is 45.0 Å². The quantitative estimate of drug-likeness (QED) is 0.111. The van der Waals surface area contributed by atoms with Crippen molar-refractivity contribution in [2.24, 2.45) is 11.7 Å². The largest absolute Gasteiger partial charge is 0.495 e. The van der Waals surface area contributed by atoms with Crippen LogP contribution in [0.15, 0.2) is 90.0 Å². The van der Waals surface area contributed by atoms with Gasteiger partial charge in [-0.3, -0.25) is 9.59 Å². The van der Waals surface area contributed by atoms with Crippen LogP contribution in [-0.2, 0) is 35.3 Å². The van der Waals surface area contributed by atoms with Gasteiger partial charge in [-0.1, -0.05) is 57.2 Å². The predicted octanol–water partition coefficient (Wildman–Crippen LogP) is 6.01. The van der Waals surface area contributed by atoms with Crippen molar-refractivity contribution in [3.8, 4) is 16.9 Å². The molecule has 0 bridgehead atoms. The lowest BCUT2D eigenvalue weighted by molar-refractivity contribution is -0.167. The molecule has 53 heavy (non-hydrogen) atoms. The number of halogens is 1.